The largest absolute Gasteiger partial charge is 0.416 e. The van der Waals surface area contributed by atoms with E-state index in [9.17, 15) is 18.3 Å². The Bertz CT molecular complexity index is 882. The van der Waals surface area contributed by atoms with Gasteiger partial charge >= 0.3 is 6.18 Å². The van der Waals surface area contributed by atoms with Gasteiger partial charge in [-0.25, -0.2) is 0 Å². The number of aliphatic hydroxyl groups is 1. The van der Waals surface area contributed by atoms with E-state index in [-0.39, 0.29) is 5.56 Å². The van der Waals surface area contributed by atoms with Crippen molar-refractivity contribution in [2.24, 2.45) is 0 Å². The number of hydrogen-bond acceptors (Lipinski definition) is 1. The summed E-state index contributed by atoms with van der Waals surface area (Å²) in [6.07, 6.45) is -4.54. The van der Waals surface area contributed by atoms with Crippen molar-refractivity contribution in [1.29, 1.82) is 0 Å². The molecule has 0 atom stereocenters. The smallest absolute Gasteiger partial charge is 0.376 e. The van der Waals surface area contributed by atoms with Crippen molar-refractivity contribution in [3.63, 3.8) is 0 Å². The van der Waals surface area contributed by atoms with E-state index in [0.717, 1.165) is 17.2 Å². The Labute approximate surface area is 137 Å². The quantitative estimate of drug-likeness (QED) is 0.669. The van der Waals surface area contributed by atoms with Gasteiger partial charge in [0, 0.05) is 16.7 Å². The summed E-state index contributed by atoms with van der Waals surface area (Å²) in [6.45, 7) is 0. The first-order valence-corrected chi connectivity index (χ1v) is 7.52. The van der Waals surface area contributed by atoms with E-state index in [4.69, 9.17) is 0 Å². The third kappa shape index (κ3) is 1.93. The van der Waals surface area contributed by atoms with Crippen LogP contribution in [0.25, 0.3) is 11.1 Å². The lowest BCUT2D eigenvalue weighted by Gasteiger charge is -2.29. The van der Waals surface area contributed by atoms with Gasteiger partial charge in [0.1, 0.15) is 5.60 Å². The van der Waals surface area contributed by atoms with Gasteiger partial charge in [0.05, 0.1) is 5.56 Å². The average molecular weight is 326 g/mol. The second kappa shape index (κ2) is 4.95. The van der Waals surface area contributed by atoms with E-state index < -0.39 is 17.3 Å². The van der Waals surface area contributed by atoms with Crippen molar-refractivity contribution in [2.75, 3.05) is 0 Å². The molecule has 0 aliphatic heterocycles. The minimum absolute atomic E-state index is 0.144. The molecule has 3 aromatic rings. The van der Waals surface area contributed by atoms with Crippen LogP contribution in [0.3, 0.4) is 0 Å². The highest BCUT2D eigenvalue weighted by atomic mass is 19.4. The molecule has 0 saturated heterocycles. The van der Waals surface area contributed by atoms with Gasteiger partial charge in [-0.05, 0) is 17.2 Å². The zero-order chi connectivity index (χ0) is 16.9. The lowest BCUT2D eigenvalue weighted by molar-refractivity contribution is -0.139. The Balaban J connectivity index is 2.10. The number of halogens is 3. The fraction of sp³-hybridized carbons (Fsp3) is 0.100. The lowest BCUT2D eigenvalue weighted by Crippen LogP contribution is -2.29. The Morgan fingerprint density at radius 1 is 0.625 bits per heavy atom. The fourth-order valence-corrected chi connectivity index (χ4v) is 3.55. The molecule has 1 aliphatic carbocycles. The van der Waals surface area contributed by atoms with Crippen LogP contribution in [0.1, 0.15) is 22.3 Å². The van der Waals surface area contributed by atoms with Crippen LogP contribution in [0.5, 0.6) is 0 Å². The topological polar surface area (TPSA) is 20.2 Å². The SMILES string of the molecule is OC1(c2ccccc2C(F)(F)F)c2ccccc2-c2ccccc21. The molecule has 0 unspecified atom stereocenters. The number of fused-ring (bicyclic) bond motifs is 3. The van der Waals surface area contributed by atoms with Gasteiger partial charge in [0.25, 0.3) is 0 Å². The molecule has 120 valence electrons. The highest BCUT2D eigenvalue weighted by Crippen LogP contribution is 2.52. The van der Waals surface area contributed by atoms with E-state index in [1.54, 1.807) is 24.3 Å². The van der Waals surface area contributed by atoms with Crippen molar-refractivity contribution in [3.05, 3.63) is 95.1 Å². The van der Waals surface area contributed by atoms with Crippen LogP contribution in [0.15, 0.2) is 72.8 Å². The Hall–Kier alpha value is -2.59. The van der Waals surface area contributed by atoms with E-state index in [2.05, 4.69) is 0 Å². The number of hydrogen-bond donors (Lipinski definition) is 1. The van der Waals surface area contributed by atoms with Gasteiger partial charge in [-0.15, -0.1) is 0 Å². The maximum Gasteiger partial charge on any atom is 0.416 e. The van der Waals surface area contributed by atoms with Crippen LogP contribution >= 0.6 is 0 Å². The maximum atomic E-state index is 13.5. The highest BCUT2D eigenvalue weighted by Gasteiger charge is 2.47. The predicted octanol–water partition coefficient (Wildman–Crippen LogP) is 4.97. The molecule has 0 saturated carbocycles. The molecule has 0 radical (unpaired) electrons. The second-order valence-corrected chi connectivity index (χ2v) is 5.84. The zero-order valence-corrected chi connectivity index (χ0v) is 12.5. The van der Waals surface area contributed by atoms with Gasteiger partial charge in [-0.3, -0.25) is 0 Å². The summed E-state index contributed by atoms with van der Waals surface area (Å²) in [7, 11) is 0. The molecule has 0 aromatic heterocycles. The summed E-state index contributed by atoms with van der Waals surface area (Å²) in [4.78, 5) is 0. The molecule has 3 aromatic carbocycles. The molecule has 0 spiro atoms. The molecule has 4 rings (SSSR count). The molecule has 0 fully saturated rings. The first kappa shape index (κ1) is 15.0. The van der Waals surface area contributed by atoms with E-state index in [1.807, 2.05) is 24.3 Å². The highest BCUT2D eigenvalue weighted by molar-refractivity contribution is 5.82. The lowest BCUT2D eigenvalue weighted by atomic mass is 9.81. The summed E-state index contributed by atoms with van der Waals surface area (Å²) in [5, 5.41) is 11.5. The second-order valence-electron chi connectivity index (χ2n) is 5.84. The minimum Gasteiger partial charge on any atom is -0.376 e. The Morgan fingerprint density at radius 3 is 1.54 bits per heavy atom. The third-order valence-corrected chi connectivity index (χ3v) is 4.55. The average Bonchev–Trinajstić information content (AvgIpc) is 2.85. The monoisotopic (exact) mass is 326 g/mol. The fourth-order valence-electron chi connectivity index (χ4n) is 3.55. The molecular weight excluding hydrogens is 313 g/mol. The predicted molar refractivity (Wildman–Crippen MR) is 85.4 cm³/mol. The van der Waals surface area contributed by atoms with Crippen molar-refractivity contribution in [2.45, 2.75) is 11.8 Å². The normalized spacial score (nSPS) is 15.0. The van der Waals surface area contributed by atoms with Crippen LogP contribution in [0.4, 0.5) is 13.2 Å². The van der Waals surface area contributed by atoms with Gasteiger partial charge < -0.3 is 5.11 Å². The van der Waals surface area contributed by atoms with Gasteiger partial charge in [-0.2, -0.15) is 13.2 Å². The number of rotatable bonds is 1. The standard InChI is InChI=1S/C20H13F3O/c21-20(22,23)18-12-6-5-11-17(18)19(24)15-9-3-1-7-13(15)14-8-2-4-10-16(14)19/h1-12,24H. The van der Waals surface area contributed by atoms with Gasteiger partial charge in [0.15, 0.2) is 0 Å². The molecule has 0 bridgehead atoms. The van der Waals surface area contributed by atoms with Crippen molar-refractivity contribution < 1.29 is 18.3 Å². The molecule has 24 heavy (non-hydrogen) atoms. The Morgan fingerprint density at radius 2 is 1.04 bits per heavy atom. The van der Waals surface area contributed by atoms with Crippen LogP contribution in [-0.2, 0) is 11.8 Å². The van der Waals surface area contributed by atoms with E-state index in [0.29, 0.717) is 11.1 Å². The van der Waals surface area contributed by atoms with E-state index in [1.165, 1.54) is 18.2 Å². The molecular formula is C20H13F3O. The molecule has 0 amide bonds. The van der Waals surface area contributed by atoms with Gasteiger partial charge in [0.2, 0.25) is 0 Å². The van der Waals surface area contributed by atoms with Crippen LogP contribution in [-0.4, -0.2) is 5.11 Å². The Kier molecular flexibility index (Phi) is 3.09. The maximum absolute atomic E-state index is 13.5. The first-order valence-electron chi connectivity index (χ1n) is 7.52. The van der Waals surface area contributed by atoms with Gasteiger partial charge in [-0.1, -0.05) is 66.7 Å². The summed E-state index contributed by atoms with van der Waals surface area (Å²) < 4.78 is 40.5. The summed E-state index contributed by atoms with van der Waals surface area (Å²) >= 11 is 0. The summed E-state index contributed by atoms with van der Waals surface area (Å²) in [5.74, 6) is 0. The minimum atomic E-state index is -4.54. The molecule has 1 N–H and O–H groups in total. The van der Waals surface area contributed by atoms with E-state index >= 15 is 0 Å². The summed E-state index contributed by atoms with van der Waals surface area (Å²) in [5.41, 5.74) is -0.320. The molecule has 1 aliphatic rings. The van der Waals surface area contributed by atoms with Crippen LogP contribution in [0, 0.1) is 0 Å². The summed E-state index contributed by atoms with van der Waals surface area (Å²) in [6, 6.07) is 19.3. The van der Waals surface area contributed by atoms with Crippen molar-refractivity contribution >= 4 is 0 Å². The first-order chi connectivity index (χ1) is 11.4. The zero-order valence-electron chi connectivity index (χ0n) is 12.5. The number of benzene rings is 3. The van der Waals surface area contributed by atoms with Crippen molar-refractivity contribution in [3.8, 4) is 11.1 Å². The third-order valence-electron chi connectivity index (χ3n) is 4.55. The molecule has 4 heteroatoms. The molecule has 1 nitrogen and oxygen atoms in total. The van der Waals surface area contributed by atoms with Crippen molar-refractivity contribution in [1.82, 2.24) is 0 Å². The van der Waals surface area contributed by atoms with Crippen LogP contribution < -0.4 is 0 Å². The van der Waals surface area contributed by atoms with Crippen LogP contribution in [0.2, 0.25) is 0 Å². The number of alkyl halides is 3. The molecule has 0 heterocycles.